The summed E-state index contributed by atoms with van der Waals surface area (Å²) in [4.78, 5) is 47.5. The quantitative estimate of drug-likeness (QED) is 0.246. The van der Waals surface area contributed by atoms with Crippen molar-refractivity contribution in [3.8, 4) is 0 Å². The van der Waals surface area contributed by atoms with E-state index in [0.717, 1.165) is 5.56 Å². The SMILES string of the molecule is O=C(NCCCCCC(O)(P(=O)(O)O)P(=O)(O)O)OCc1ccccc1. The van der Waals surface area contributed by atoms with Crippen LogP contribution in [0.3, 0.4) is 0 Å². The Labute approximate surface area is 150 Å². The van der Waals surface area contributed by atoms with Crippen LogP contribution in [0.15, 0.2) is 30.3 Å². The minimum Gasteiger partial charge on any atom is -0.445 e. The van der Waals surface area contributed by atoms with E-state index in [4.69, 9.17) is 24.3 Å². The van der Waals surface area contributed by atoms with E-state index in [0.29, 0.717) is 6.42 Å². The van der Waals surface area contributed by atoms with Gasteiger partial charge in [-0.3, -0.25) is 9.13 Å². The molecule has 10 nitrogen and oxygen atoms in total. The summed E-state index contributed by atoms with van der Waals surface area (Å²) in [5, 5.41) is 8.78. The average molecular weight is 411 g/mol. The maximum atomic E-state index is 11.5. The van der Waals surface area contributed by atoms with Gasteiger partial charge in [-0.15, -0.1) is 0 Å². The Morgan fingerprint density at radius 2 is 1.58 bits per heavy atom. The average Bonchev–Trinajstić information content (AvgIpc) is 2.54. The molecule has 1 amide bonds. The fourth-order valence-electron chi connectivity index (χ4n) is 2.09. The van der Waals surface area contributed by atoms with Crippen molar-refractivity contribution in [1.29, 1.82) is 0 Å². The largest absolute Gasteiger partial charge is 0.445 e. The lowest BCUT2D eigenvalue weighted by atomic mass is 10.2. The number of rotatable bonds is 10. The van der Waals surface area contributed by atoms with Crippen LogP contribution in [0, 0.1) is 0 Å². The molecule has 1 aromatic rings. The molecule has 0 spiro atoms. The molecule has 0 bridgehead atoms. The first kappa shape index (κ1) is 22.8. The highest BCUT2D eigenvalue weighted by Crippen LogP contribution is 2.69. The van der Waals surface area contributed by atoms with Gasteiger partial charge < -0.3 is 34.7 Å². The van der Waals surface area contributed by atoms with Crippen LogP contribution in [0.4, 0.5) is 4.79 Å². The molecule has 6 N–H and O–H groups in total. The number of amides is 1. The first-order valence-electron chi connectivity index (χ1n) is 7.75. The van der Waals surface area contributed by atoms with Crippen LogP contribution in [0.2, 0.25) is 0 Å². The van der Waals surface area contributed by atoms with E-state index in [1.165, 1.54) is 0 Å². The van der Waals surface area contributed by atoms with Gasteiger partial charge in [0, 0.05) is 6.54 Å². The third kappa shape index (κ3) is 6.81. The smallest absolute Gasteiger partial charge is 0.407 e. The predicted molar refractivity (Wildman–Crippen MR) is 92.1 cm³/mol. The second-order valence-corrected chi connectivity index (χ2v) is 9.67. The molecule has 1 rings (SSSR count). The Hall–Kier alpha value is -1.25. The summed E-state index contributed by atoms with van der Waals surface area (Å²) in [7, 11) is -10.8. The molecule has 26 heavy (non-hydrogen) atoms. The van der Waals surface area contributed by atoms with Crippen molar-refractivity contribution in [2.24, 2.45) is 0 Å². The summed E-state index contributed by atoms with van der Waals surface area (Å²) < 4.78 is 27.3. The van der Waals surface area contributed by atoms with Crippen LogP contribution in [0.5, 0.6) is 0 Å². The molecule has 12 heteroatoms. The summed E-state index contributed by atoms with van der Waals surface area (Å²) in [6.07, 6.45) is -0.788. The van der Waals surface area contributed by atoms with E-state index >= 15 is 0 Å². The van der Waals surface area contributed by atoms with Gasteiger partial charge in [0.1, 0.15) is 6.61 Å². The van der Waals surface area contributed by atoms with Gasteiger partial charge in [-0.1, -0.05) is 36.8 Å². The summed E-state index contributed by atoms with van der Waals surface area (Å²) in [5.74, 6) is 0. The van der Waals surface area contributed by atoms with Crippen molar-refractivity contribution in [2.75, 3.05) is 6.54 Å². The van der Waals surface area contributed by atoms with Gasteiger partial charge in [0.2, 0.25) is 0 Å². The Morgan fingerprint density at radius 1 is 1.00 bits per heavy atom. The molecule has 148 valence electrons. The van der Waals surface area contributed by atoms with Crippen molar-refractivity contribution in [3.63, 3.8) is 0 Å². The Morgan fingerprint density at radius 3 is 2.12 bits per heavy atom. The van der Waals surface area contributed by atoms with Crippen LogP contribution < -0.4 is 5.32 Å². The Balaban J connectivity index is 2.27. The number of unbranched alkanes of at least 4 members (excludes halogenated alkanes) is 2. The highest BCUT2D eigenvalue weighted by atomic mass is 31.2. The van der Waals surface area contributed by atoms with E-state index < -0.39 is 32.8 Å². The van der Waals surface area contributed by atoms with Crippen molar-refractivity contribution >= 4 is 21.3 Å². The summed E-state index contributed by atoms with van der Waals surface area (Å²) in [6, 6.07) is 9.07. The first-order valence-corrected chi connectivity index (χ1v) is 11.0. The van der Waals surface area contributed by atoms with E-state index in [9.17, 15) is 19.0 Å². The fraction of sp³-hybridized carbons (Fsp3) is 0.500. The number of hydrogen-bond acceptors (Lipinski definition) is 5. The third-order valence-electron chi connectivity index (χ3n) is 3.60. The van der Waals surface area contributed by atoms with Crippen LogP contribution in [-0.2, 0) is 20.5 Å². The number of carbonyl (C=O) groups excluding carboxylic acids is 1. The minimum absolute atomic E-state index is 0.0482. The zero-order valence-corrected chi connectivity index (χ0v) is 15.7. The van der Waals surface area contributed by atoms with Gasteiger partial charge >= 0.3 is 21.3 Å². The molecule has 0 radical (unpaired) electrons. The molecule has 0 heterocycles. The molecular formula is C14H23NO9P2. The maximum absolute atomic E-state index is 11.5. The number of carbonyl (C=O) groups is 1. The molecular weight excluding hydrogens is 388 g/mol. The van der Waals surface area contributed by atoms with Crippen LogP contribution >= 0.6 is 15.2 Å². The van der Waals surface area contributed by atoms with Crippen molar-refractivity contribution < 1.29 is 43.3 Å². The van der Waals surface area contributed by atoms with Gasteiger partial charge in [0.15, 0.2) is 0 Å². The second kappa shape index (κ2) is 9.62. The van der Waals surface area contributed by atoms with E-state index in [2.05, 4.69) is 5.32 Å². The first-order chi connectivity index (χ1) is 12.0. The van der Waals surface area contributed by atoms with Gasteiger partial charge in [0.05, 0.1) is 0 Å². The fourth-order valence-corrected chi connectivity index (χ4v) is 4.35. The monoisotopic (exact) mass is 411 g/mol. The highest BCUT2D eigenvalue weighted by Gasteiger charge is 2.58. The van der Waals surface area contributed by atoms with Gasteiger partial charge in [-0.25, -0.2) is 4.79 Å². The van der Waals surface area contributed by atoms with Crippen LogP contribution in [0.1, 0.15) is 31.2 Å². The lowest BCUT2D eigenvalue weighted by Crippen LogP contribution is -2.28. The number of nitrogens with one attached hydrogen (secondary N) is 1. The molecule has 0 aliphatic rings. The van der Waals surface area contributed by atoms with Crippen LogP contribution in [-0.4, -0.2) is 42.4 Å². The molecule has 0 fully saturated rings. The maximum Gasteiger partial charge on any atom is 0.407 e. The second-order valence-electron chi connectivity index (χ2n) is 5.66. The Kier molecular flexibility index (Phi) is 8.43. The topological polar surface area (TPSA) is 174 Å². The van der Waals surface area contributed by atoms with Crippen molar-refractivity contribution in [2.45, 2.75) is 37.4 Å². The minimum atomic E-state index is -5.42. The molecule has 0 saturated carbocycles. The zero-order valence-electron chi connectivity index (χ0n) is 13.9. The van der Waals surface area contributed by atoms with Crippen molar-refractivity contribution in [3.05, 3.63) is 35.9 Å². The molecule has 1 aromatic carbocycles. The third-order valence-corrected chi connectivity index (χ3v) is 7.48. The highest BCUT2D eigenvalue weighted by molar-refractivity contribution is 7.72. The van der Waals surface area contributed by atoms with E-state index in [1.54, 1.807) is 12.1 Å². The predicted octanol–water partition coefficient (Wildman–Crippen LogP) is 1.47. The Bertz CT molecular complexity index is 648. The molecule has 0 aliphatic carbocycles. The van der Waals surface area contributed by atoms with Crippen molar-refractivity contribution in [1.82, 2.24) is 5.32 Å². The summed E-state index contributed by atoms with van der Waals surface area (Å²) in [6.45, 7) is 0.322. The molecule has 0 aliphatic heterocycles. The van der Waals surface area contributed by atoms with Gasteiger partial charge in [-0.05, 0) is 24.8 Å². The number of benzene rings is 1. The lowest BCUT2D eigenvalue weighted by Gasteiger charge is -2.29. The molecule has 0 atom stereocenters. The number of hydrogen-bond donors (Lipinski definition) is 6. The standard InChI is InChI=1S/C14H23NO9P2/c16-13(24-11-12-7-3-1-4-8-12)15-10-6-2-5-9-14(17,25(18,19)20)26(21,22)23/h1,3-4,7-8,17H,2,5-6,9-11H2,(H,15,16)(H2,18,19,20)(H2,21,22,23). The normalized spacial score (nSPS) is 12.7. The lowest BCUT2D eigenvalue weighted by molar-refractivity contribution is 0.120. The number of aliphatic hydroxyl groups is 1. The van der Waals surface area contributed by atoms with Gasteiger partial charge in [-0.2, -0.15) is 0 Å². The summed E-state index contributed by atoms with van der Waals surface area (Å²) in [5.41, 5.74) is 0.830. The van der Waals surface area contributed by atoms with E-state index in [-0.39, 0.29) is 26.0 Å². The number of alkyl carbamates (subject to hydrolysis) is 1. The zero-order chi connectivity index (χ0) is 19.8. The number of ether oxygens (including phenoxy) is 1. The molecule has 0 saturated heterocycles. The van der Waals surface area contributed by atoms with E-state index in [1.807, 2.05) is 18.2 Å². The van der Waals surface area contributed by atoms with Gasteiger partial charge in [0.25, 0.3) is 5.08 Å². The van der Waals surface area contributed by atoms with Crippen LogP contribution in [0.25, 0.3) is 0 Å². The summed E-state index contributed by atoms with van der Waals surface area (Å²) >= 11 is 0. The molecule has 0 unspecified atom stereocenters. The molecule has 0 aromatic heterocycles.